The highest BCUT2D eigenvalue weighted by Gasteiger charge is 2.54. The number of carbonyl (C=O) groups excluding carboxylic acids is 5. The van der Waals surface area contributed by atoms with Crippen LogP contribution < -0.4 is 4.74 Å². The molecule has 2 aliphatic rings. The molecule has 1 aliphatic carbocycles. The number of benzene rings is 3. The minimum atomic E-state index is -0.886. The second kappa shape index (κ2) is 13.3. The molecule has 0 bridgehead atoms. The summed E-state index contributed by atoms with van der Waals surface area (Å²) in [5.41, 5.74) is -0.437. The quantitative estimate of drug-likeness (QED) is 0.0554. The van der Waals surface area contributed by atoms with Crippen LogP contribution in [0.1, 0.15) is 43.9 Å². The molecule has 1 aliphatic heterocycles. The van der Waals surface area contributed by atoms with Gasteiger partial charge in [-0.3, -0.25) is 39.4 Å². The maximum Gasteiger partial charge on any atom is 0.343 e. The average Bonchev–Trinajstić information content (AvgIpc) is 3.27. The predicted octanol–water partition coefficient (Wildman–Crippen LogP) is 4.88. The van der Waals surface area contributed by atoms with Gasteiger partial charge >= 0.3 is 5.97 Å². The van der Waals surface area contributed by atoms with Gasteiger partial charge in [-0.15, -0.1) is 0 Å². The average molecular weight is 758 g/mol. The molecule has 3 aromatic carbocycles. The van der Waals surface area contributed by atoms with Crippen LogP contribution in [0.4, 0.5) is 11.4 Å². The van der Waals surface area contributed by atoms with Crippen molar-refractivity contribution in [1.29, 1.82) is 0 Å². The molecule has 0 radical (unpaired) electrons. The molecule has 0 spiro atoms. The first kappa shape index (κ1) is 32.6. The van der Waals surface area contributed by atoms with Gasteiger partial charge in [0.05, 0.1) is 27.2 Å². The summed E-state index contributed by atoms with van der Waals surface area (Å²) in [5.74, 6) is -4.96. The van der Waals surface area contributed by atoms with Crippen molar-refractivity contribution in [3.05, 3.63) is 110 Å². The third-order valence-corrected chi connectivity index (χ3v) is 10.4. The fraction of sp³-hybridized carbons (Fsp3) is 0.233. The Labute approximate surface area is 276 Å². The Morgan fingerprint density at radius 1 is 0.739 bits per heavy atom. The fourth-order valence-corrected chi connectivity index (χ4v) is 6.48. The number of esters is 1. The smallest absolute Gasteiger partial charge is 0.343 e. The van der Waals surface area contributed by atoms with Gasteiger partial charge in [0.15, 0.2) is 5.78 Å². The molecule has 5 rings (SSSR count). The van der Waals surface area contributed by atoms with E-state index in [9.17, 15) is 44.2 Å². The Morgan fingerprint density at radius 2 is 1.17 bits per heavy atom. The van der Waals surface area contributed by atoms with Gasteiger partial charge in [0.1, 0.15) is 12.3 Å². The summed E-state index contributed by atoms with van der Waals surface area (Å²) in [6, 6.07) is 14.6. The van der Waals surface area contributed by atoms with Crippen molar-refractivity contribution in [2.24, 2.45) is 11.8 Å². The predicted molar refractivity (Wildman–Crippen MR) is 166 cm³/mol. The molecule has 0 unspecified atom stereocenters. The lowest BCUT2D eigenvalue weighted by Crippen LogP contribution is -2.52. The van der Waals surface area contributed by atoms with Crippen LogP contribution in [-0.4, -0.2) is 65.5 Å². The van der Waals surface area contributed by atoms with Crippen molar-refractivity contribution in [2.45, 2.75) is 22.5 Å². The Bertz CT molecular complexity index is 1720. The summed E-state index contributed by atoms with van der Waals surface area (Å²) in [5, 5.41) is 23.4. The number of halogens is 2. The van der Waals surface area contributed by atoms with E-state index < -0.39 is 57.7 Å². The maximum atomic E-state index is 13.7. The molecule has 4 atom stereocenters. The van der Waals surface area contributed by atoms with Crippen LogP contribution in [0.25, 0.3) is 0 Å². The number of rotatable bonds is 9. The Hall–Kier alpha value is -4.83. The fourth-order valence-electron chi connectivity index (χ4n) is 5.25. The molecule has 14 nitrogen and oxygen atoms in total. The topological polar surface area (TPSA) is 187 Å². The van der Waals surface area contributed by atoms with E-state index in [0.717, 1.165) is 29.3 Å². The lowest BCUT2D eigenvalue weighted by Gasteiger charge is -2.30. The van der Waals surface area contributed by atoms with Crippen LogP contribution in [0.3, 0.4) is 0 Å². The molecular weight excluding hydrogens is 736 g/mol. The second-order valence-electron chi connectivity index (χ2n) is 10.5. The van der Waals surface area contributed by atoms with Crippen LogP contribution in [0, 0.1) is 32.1 Å². The number of Topliss-reactive ketones (excluding diaryl/α,β-unsaturated/α-hetero) is 1. The van der Waals surface area contributed by atoms with Crippen molar-refractivity contribution in [2.75, 3.05) is 6.54 Å². The van der Waals surface area contributed by atoms with Gasteiger partial charge in [-0.05, 0) is 61.4 Å². The van der Waals surface area contributed by atoms with Crippen molar-refractivity contribution in [3.8, 4) is 5.75 Å². The minimum absolute atomic E-state index is 0.0568. The summed E-state index contributed by atoms with van der Waals surface area (Å²) < 4.78 is 5.28. The number of imide groups is 1. The summed E-state index contributed by atoms with van der Waals surface area (Å²) in [4.78, 5) is 87.2. The second-order valence-corrected chi connectivity index (χ2v) is 12.9. The van der Waals surface area contributed by atoms with Gasteiger partial charge in [0.25, 0.3) is 29.1 Å². The molecule has 0 N–H and O–H groups in total. The van der Waals surface area contributed by atoms with Gasteiger partial charge in [-0.2, -0.15) is 5.01 Å². The number of nitro groups is 2. The number of ketones is 1. The van der Waals surface area contributed by atoms with Crippen molar-refractivity contribution in [1.82, 2.24) is 10.0 Å². The molecule has 0 aromatic heterocycles. The number of amides is 3. The zero-order chi connectivity index (χ0) is 33.3. The van der Waals surface area contributed by atoms with Gasteiger partial charge in [-0.25, -0.2) is 9.80 Å². The number of nitro benzene ring substituents is 2. The third kappa shape index (κ3) is 6.57. The van der Waals surface area contributed by atoms with Crippen LogP contribution in [-0.2, 0) is 9.59 Å². The molecule has 16 heteroatoms. The molecule has 1 saturated carbocycles. The van der Waals surface area contributed by atoms with Crippen LogP contribution in [0.15, 0.2) is 72.8 Å². The summed E-state index contributed by atoms with van der Waals surface area (Å²) in [6.45, 7) is -0.718. The summed E-state index contributed by atoms with van der Waals surface area (Å²) in [6.07, 6.45) is 0.657. The Balaban J connectivity index is 1.37. The lowest BCUT2D eigenvalue weighted by atomic mass is 9.81. The number of ether oxygens (including phenoxy) is 1. The zero-order valence-electron chi connectivity index (χ0n) is 23.5. The lowest BCUT2D eigenvalue weighted by molar-refractivity contribution is -0.385. The number of carbonyl (C=O) groups is 5. The molecule has 3 aromatic rings. The van der Waals surface area contributed by atoms with Crippen LogP contribution in [0.2, 0.25) is 0 Å². The molecule has 2 fully saturated rings. The minimum Gasteiger partial charge on any atom is -0.423 e. The Morgan fingerprint density at radius 3 is 1.63 bits per heavy atom. The molecule has 236 valence electrons. The van der Waals surface area contributed by atoms with E-state index >= 15 is 0 Å². The van der Waals surface area contributed by atoms with Crippen molar-refractivity contribution in [3.63, 3.8) is 0 Å². The SMILES string of the molecule is O=C(CN(C(=O)c1ccc([N+](=O)[O-])cc1)N1C(=O)[C@@H]2C[C@@H](Br)[C@@H](Br)C[C@H]2C1=O)c1ccc(OC(=O)c2ccc([N+](=O)[O-])cc2)cc1. The monoisotopic (exact) mass is 756 g/mol. The first-order chi connectivity index (χ1) is 21.8. The number of hydrazine groups is 1. The highest BCUT2D eigenvalue weighted by molar-refractivity contribution is 9.12. The van der Waals surface area contributed by atoms with Crippen molar-refractivity contribution >= 4 is 72.7 Å². The highest BCUT2D eigenvalue weighted by Crippen LogP contribution is 2.43. The van der Waals surface area contributed by atoms with Gasteiger partial charge in [0, 0.05) is 45.0 Å². The first-order valence-electron chi connectivity index (χ1n) is 13.7. The van der Waals surface area contributed by atoms with E-state index in [1.807, 2.05) is 0 Å². The zero-order valence-corrected chi connectivity index (χ0v) is 26.7. The first-order valence-corrected chi connectivity index (χ1v) is 15.5. The van der Waals surface area contributed by atoms with E-state index in [-0.39, 0.29) is 43.5 Å². The molecule has 46 heavy (non-hydrogen) atoms. The molecular formula is C30H22Br2N4O10. The maximum absolute atomic E-state index is 13.7. The van der Waals surface area contributed by atoms with E-state index in [0.29, 0.717) is 17.9 Å². The van der Waals surface area contributed by atoms with E-state index in [2.05, 4.69) is 31.9 Å². The number of non-ortho nitro benzene ring substituents is 2. The normalized spacial score (nSPS) is 20.5. The van der Waals surface area contributed by atoms with Crippen molar-refractivity contribution < 1.29 is 38.6 Å². The molecule has 3 amide bonds. The van der Waals surface area contributed by atoms with Gasteiger partial charge in [-0.1, -0.05) is 31.9 Å². The van der Waals surface area contributed by atoms with Crippen LogP contribution >= 0.6 is 31.9 Å². The number of alkyl halides is 2. The number of fused-ring (bicyclic) bond motifs is 1. The van der Waals surface area contributed by atoms with E-state index in [1.165, 1.54) is 48.5 Å². The van der Waals surface area contributed by atoms with Gasteiger partial charge < -0.3 is 4.74 Å². The number of hydrogen-bond donors (Lipinski definition) is 0. The van der Waals surface area contributed by atoms with E-state index in [1.54, 1.807) is 0 Å². The van der Waals surface area contributed by atoms with Gasteiger partial charge in [0.2, 0.25) is 0 Å². The standard InChI is InChI=1S/C30H22Br2N4O10/c31-24-13-22-23(14-25(24)32)29(40)34(28(22)39)33(27(38)17-1-7-19(8-2-17)35(42)43)15-26(37)16-5-11-21(12-6-16)46-30(41)18-3-9-20(10-4-18)36(44)45/h1-12,22-25H,13-15H2/t22-,23-,24-,25+/m1/s1. The third-order valence-electron chi connectivity index (χ3n) is 7.68. The Kier molecular flexibility index (Phi) is 9.39. The largest absolute Gasteiger partial charge is 0.423 e. The molecule has 1 heterocycles. The number of nitrogens with zero attached hydrogens (tertiary/aromatic N) is 4. The highest BCUT2D eigenvalue weighted by atomic mass is 79.9. The van der Waals surface area contributed by atoms with Crippen LogP contribution in [0.5, 0.6) is 5.75 Å². The summed E-state index contributed by atoms with van der Waals surface area (Å²) in [7, 11) is 0. The van der Waals surface area contributed by atoms with E-state index in [4.69, 9.17) is 4.74 Å². The summed E-state index contributed by atoms with van der Waals surface area (Å²) >= 11 is 7.03. The molecule has 1 saturated heterocycles. The number of hydrogen-bond acceptors (Lipinski definition) is 10.